The van der Waals surface area contributed by atoms with Crippen molar-refractivity contribution < 1.29 is 23.0 Å². The zero-order valence-corrected chi connectivity index (χ0v) is 20.2. The minimum absolute atomic E-state index is 0.646. The Kier molecular flexibility index (Phi) is 6.61. The van der Waals surface area contributed by atoms with E-state index in [1.807, 2.05) is 26.0 Å². The van der Waals surface area contributed by atoms with Crippen LogP contribution in [0.5, 0.6) is 0 Å². The molecule has 0 spiro atoms. The molecule has 0 radical (unpaired) electrons. The summed E-state index contributed by atoms with van der Waals surface area (Å²) in [5.41, 5.74) is 2.21. The van der Waals surface area contributed by atoms with Crippen LogP contribution in [0.1, 0.15) is 61.2 Å². The van der Waals surface area contributed by atoms with Crippen molar-refractivity contribution in [1.29, 1.82) is 0 Å². The van der Waals surface area contributed by atoms with E-state index in [4.69, 9.17) is 23.0 Å². The van der Waals surface area contributed by atoms with Gasteiger partial charge in [0.15, 0.2) is 20.9 Å². The summed E-state index contributed by atoms with van der Waals surface area (Å²) in [6, 6.07) is 4.04. The van der Waals surface area contributed by atoms with Crippen LogP contribution in [0.3, 0.4) is 0 Å². The topological polar surface area (TPSA) is 54.0 Å². The van der Waals surface area contributed by atoms with E-state index >= 15 is 0 Å². The molecule has 7 heteroatoms. The maximum atomic E-state index is 6.89. The number of halogens is 2. The lowest BCUT2D eigenvalue weighted by Crippen LogP contribution is -2.53. The number of hydrogen-bond acceptors (Lipinski definition) is 5. The Hall–Kier alpha value is -0.600. The highest BCUT2D eigenvalue weighted by Gasteiger charge is 2.46. The number of aryl methyl sites for hydroxylation is 2. The molecule has 2 saturated heterocycles. The van der Waals surface area contributed by atoms with Crippen molar-refractivity contribution in [3.63, 3.8) is 0 Å². The van der Waals surface area contributed by atoms with Crippen LogP contribution in [0, 0.1) is 13.8 Å². The third-order valence-electron chi connectivity index (χ3n) is 5.91. The molecule has 0 N–H and O–H groups in total. The predicted octanol–water partition coefficient (Wildman–Crippen LogP) is 6.61. The SMILES string of the molecule is Cc1oc(Br)cc1CC1(OC2(Cc3cc(Br)oc3C)CCCCO2)CCCCO1. The third-order valence-corrected chi connectivity index (χ3v) is 6.69. The summed E-state index contributed by atoms with van der Waals surface area (Å²) in [6.45, 7) is 5.36. The van der Waals surface area contributed by atoms with Gasteiger partial charge in [0.05, 0.1) is 13.2 Å². The van der Waals surface area contributed by atoms with Crippen LogP contribution in [0.4, 0.5) is 0 Å². The Morgan fingerprint density at radius 1 is 0.793 bits per heavy atom. The lowest BCUT2D eigenvalue weighted by molar-refractivity contribution is -0.376. The Morgan fingerprint density at radius 2 is 1.24 bits per heavy atom. The van der Waals surface area contributed by atoms with Gasteiger partial charge in [-0.15, -0.1) is 0 Å². The van der Waals surface area contributed by atoms with E-state index in [0.717, 1.165) is 70.5 Å². The molecule has 2 aliphatic rings. The molecule has 2 fully saturated rings. The zero-order valence-electron chi connectivity index (χ0n) is 17.0. The molecule has 2 aliphatic heterocycles. The fraction of sp³-hybridized carbons (Fsp3) is 0.636. The standard InChI is InChI=1S/C22H28Br2O5/c1-15-17(11-19(23)27-15)13-21(7-3-5-9-25-21)29-22(8-4-6-10-26-22)14-18-12-20(24)28-16(18)2/h11-12H,3-10,13-14H2,1-2H3. The highest BCUT2D eigenvalue weighted by atomic mass is 79.9. The predicted molar refractivity (Wildman–Crippen MR) is 116 cm³/mol. The summed E-state index contributed by atoms with van der Waals surface area (Å²) < 4.78 is 32.4. The van der Waals surface area contributed by atoms with Crippen LogP contribution >= 0.6 is 31.9 Å². The maximum Gasteiger partial charge on any atom is 0.175 e. The van der Waals surface area contributed by atoms with Gasteiger partial charge < -0.3 is 23.0 Å². The quantitative estimate of drug-likeness (QED) is 0.419. The molecular formula is C22H28Br2O5. The Bertz CT molecular complexity index is 760. The highest BCUT2D eigenvalue weighted by molar-refractivity contribution is 9.10. The molecule has 2 atom stereocenters. The van der Waals surface area contributed by atoms with Crippen LogP contribution in [-0.4, -0.2) is 24.8 Å². The largest absolute Gasteiger partial charge is 0.454 e. The molecule has 29 heavy (non-hydrogen) atoms. The molecule has 0 aliphatic carbocycles. The van der Waals surface area contributed by atoms with Gasteiger partial charge in [-0.2, -0.15) is 0 Å². The summed E-state index contributed by atoms with van der Waals surface area (Å²) in [5.74, 6) is 0.362. The Balaban J connectivity index is 1.63. The van der Waals surface area contributed by atoms with E-state index in [1.165, 1.54) is 0 Å². The third kappa shape index (κ3) is 5.01. The van der Waals surface area contributed by atoms with E-state index in [0.29, 0.717) is 26.1 Å². The second-order valence-corrected chi connectivity index (χ2v) is 9.72. The van der Waals surface area contributed by atoms with E-state index in [-0.39, 0.29) is 0 Å². The smallest absolute Gasteiger partial charge is 0.175 e. The summed E-state index contributed by atoms with van der Waals surface area (Å²) in [4.78, 5) is 0. The van der Waals surface area contributed by atoms with Crippen molar-refractivity contribution in [2.45, 2.75) is 76.8 Å². The van der Waals surface area contributed by atoms with Crippen molar-refractivity contribution in [2.24, 2.45) is 0 Å². The van der Waals surface area contributed by atoms with Gasteiger partial charge in [0.2, 0.25) is 0 Å². The molecule has 0 amide bonds. The summed E-state index contributed by atoms with van der Waals surface area (Å²) >= 11 is 6.88. The van der Waals surface area contributed by atoms with Crippen molar-refractivity contribution in [3.8, 4) is 0 Å². The van der Waals surface area contributed by atoms with E-state index in [2.05, 4.69) is 31.9 Å². The lowest BCUT2D eigenvalue weighted by Gasteiger charge is -2.46. The van der Waals surface area contributed by atoms with Crippen LogP contribution in [0.2, 0.25) is 0 Å². The van der Waals surface area contributed by atoms with E-state index < -0.39 is 11.6 Å². The first kappa shape index (κ1) is 21.6. The van der Waals surface area contributed by atoms with E-state index in [9.17, 15) is 0 Å². The van der Waals surface area contributed by atoms with Crippen molar-refractivity contribution >= 4 is 31.9 Å². The van der Waals surface area contributed by atoms with Gasteiger partial charge in [-0.05, 0) is 94.7 Å². The summed E-state index contributed by atoms with van der Waals surface area (Å²) in [7, 11) is 0. The number of rotatable bonds is 6. The molecule has 0 saturated carbocycles. The Labute approximate surface area is 188 Å². The molecule has 2 unspecified atom stereocenters. The maximum absolute atomic E-state index is 6.89. The summed E-state index contributed by atoms with van der Waals surface area (Å²) in [5, 5.41) is 0. The minimum Gasteiger partial charge on any atom is -0.454 e. The molecule has 5 nitrogen and oxygen atoms in total. The molecule has 4 rings (SSSR count). The molecule has 0 aromatic carbocycles. The average Bonchev–Trinajstić information content (AvgIpc) is 3.15. The second-order valence-electron chi connectivity index (χ2n) is 8.15. The van der Waals surface area contributed by atoms with Gasteiger partial charge in [-0.3, -0.25) is 0 Å². The van der Waals surface area contributed by atoms with Crippen LogP contribution in [-0.2, 0) is 27.1 Å². The fourth-order valence-electron chi connectivity index (χ4n) is 4.40. The molecule has 160 valence electrons. The van der Waals surface area contributed by atoms with Crippen LogP contribution < -0.4 is 0 Å². The van der Waals surface area contributed by atoms with Crippen LogP contribution in [0.25, 0.3) is 0 Å². The van der Waals surface area contributed by atoms with Gasteiger partial charge in [-0.1, -0.05) is 0 Å². The number of hydrogen-bond donors (Lipinski definition) is 0. The van der Waals surface area contributed by atoms with Crippen molar-refractivity contribution in [2.75, 3.05) is 13.2 Å². The first-order chi connectivity index (χ1) is 13.9. The highest BCUT2D eigenvalue weighted by Crippen LogP contribution is 2.41. The number of ether oxygens (including phenoxy) is 3. The van der Waals surface area contributed by atoms with E-state index in [1.54, 1.807) is 0 Å². The van der Waals surface area contributed by atoms with Gasteiger partial charge in [0, 0.05) is 25.7 Å². The minimum atomic E-state index is -0.710. The fourth-order valence-corrected chi connectivity index (χ4v) is 5.43. The monoisotopic (exact) mass is 530 g/mol. The van der Waals surface area contributed by atoms with Gasteiger partial charge in [0.1, 0.15) is 11.5 Å². The average molecular weight is 532 g/mol. The normalized spacial score (nSPS) is 28.0. The molecule has 2 aromatic rings. The number of furan rings is 2. The Morgan fingerprint density at radius 3 is 1.55 bits per heavy atom. The van der Waals surface area contributed by atoms with Gasteiger partial charge in [-0.25, -0.2) is 0 Å². The first-order valence-corrected chi connectivity index (χ1v) is 12.0. The van der Waals surface area contributed by atoms with Gasteiger partial charge >= 0.3 is 0 Å². The first-order valence-electron chi connectivity index (χ1n) is 10.4. The molecule has 0 bridgehead atoms. The molecule has 2 aromatic heterocycles. The van der Waals surface area contributed by atoms with Crippen LogP contribution in [0.15, 0.2) is 30.3 Å². The molecule has 4 heterocycles. The zero-order chi connectivity index (χ0) is 20.5. The molecular weight excluding hydrogens is 504 g/mol. The van der Waals surface area contributed by atoms with Crippen molar-refractivity contribution in [1.82, 2.24) is 0 Å². The second kappa shape index (κ2) is 8.87. The lowest BCUT2D eigenvalue weighted by atomic mass is 9.94. The van der Waals surface area contributed by atoms with Crippen molar-refractivity contribution in [3.05, 3.63) is 44.1 Å². The van der Waals surface area contributed by atoms with Gasteiger partial charge in [0.25, 0.3) is 0 Å². The summed E-state index contributed by atoms with van der Waals surface area (Å²) in [6.07, 6.45) is 7.24.